The molecule has 3 rings (SSSR count). The Balaban J connectivity index is 1.92. The maximum Gasteiger partial charge on any atom is 0.266 e. The molecule has 162 valence electrons. The van der Waals surface area contributed by atoms with E-state index >= 15 is 0 Å². The Morgan fingerprint density at radius 2 is 1.94 bits per heavy atom. The molecule has 5 nitrogen and oxygen atoms in total. The molecule has 0 aliphatic carbocycles. The Morgan fingerprint density at radius 1 is 1.19 bits per heavy atom. The van der Waals surface area contributed by atoms with Crippen molar-refractivity contribution in [2.24, 2.45) is 10.9 Å². The highest BCUT2D eigenvalue weighted by molar-refractivity contribution is 8.18. The van der Waals surface area contributed by atoms with Crippen LogP contribution in [0.25, 0.3) is 6.08 Å². The van der Waals surface area contributed by atoms with Crippen LogP contribution < -0.4 is 9.47 Å². The lowest BCUT2D eigenvalue weighted by Crippen LogP contribution is -2.32. The van der Waals surface area contributed by atoms with Crippen molar-refractivity contribution in [2.75, 3.05) is 20.3 Å². The predicted octanol–water partition coefficient (Wildman–Crippen LogP) is 6.17. The fraction of sp³-hybridized carbons (Fsp3) is 0.250. The molecule has 0 saturated carbocycles. The van der Waals surface area contributed by atoms with Gasteiger partial charge in [0.2, 0.25) is 0 Å². The summed E-state index contributed by atoms with van der Waals surface area (Å²) in [6, 6.07) is 12.8. The number of carbonyl (C=O) groups excluding carboxylic acids is 1. The quantitative estimate of drug-likeness (QED) is 0.352. The Morgan fingerprint density at radius 3 is 2.58 bits per heavy atom. The lowest BCUT2D eigenvalue weighted by Gasteiger charge is -2.17. The van der Waals surface area contributed by atoms with Gasteiger partial charge in [-0.1, -0.05) is 44.2 Å². The van der Waals surface area contributed by atoms with Crippen LogP contribution in [-0.4, -0.2) is 36.2 Å². The first-order valence-corrected chi connectivity index (χ1v) is 11.1. The molecule has 0 bridgehead atoms. The summed E-state index contributed by atoms with van der Waals surface area (Å²) in [5, 5.41) is 1.30. The van der Waals surface area contributed by atoms with Gasteiger partial charge in [-0.2, -0.15) is 0 Å². The number of halogens is 1. The smallest absolute Gasteiger partial charge is 0.266 e. The van der Waals surface area contributed by atoms with Gasteiger partial charge in [-0.25, -0.2) is 4.99 Å². The van der Waals surface area contributed by atoms with Gasteiger partial charge >= 0.3 is 0 Å². The Labute approximate surface area is 192 Å². The molecule has 7 heteroatoms. The molecule has 31 heavy (non-hydrogen) atoms. The number of carbonyl (C=O) groups is 1. The van der Waals surface area contributed by atoms with Crippen molar-refractivity contribution >= 4 is 46.2 Å². The van der Waals surface area contributed by atoms with E-state index in [1.807, 2.05) is 36.4 Å². The number of nitrogens with zero attached hydrogens (tertiary/aromatic N) is 2. The van der Waals surface area contributed by atoms with Gasteiger partial charge in [0.1, 0.15) is 6.61 Å². The number of aliphatic imine (C=N–C) groups is 1. The molecule has 0 N–H and O–H groups in total. The van der Waals surface area contributed by atoms with E-state index in [9.17, 15) is 4.79 Å². The highest BCUT2D eigenvalue weighted by Crippen LogP contribution is 2.36. The van der Waals surface area contributed by atoms with Gasteiger partial charge in [0.25, 0.3) is 5.91 Å². The van der Waals surface area contributed by atoms with Crippen LogP contribution in [0, 0.1) is 5.92 Å². The molecular formula is C24H25ClN2O3S. The average Bonchev–Trinajstić information content (AvgIpc) is 3.02. The van der Waals surface area contributed by atoms with Gasteiger partial charge in [-0.3, -0.25) is 9.69 Å². The van der Waals surface area contributed by atoms with Crippen molar-refractivity contribution in [1.29, 1.82) is 0 Å². The Kier molecular flexibility index (Phi) is 7.82. The third-order valence-corrected chi connectivity index (χ3v) is 5.59. The number of hydrogen-bond acceptors (Lipinski definition) is 5. The Hall–Kier alpha value is -2.70. The van der Waals surface area contributed by atoms with Crippen molar-refractivity contribution in [3.63, 3.8) is 0 Å². The molecule has 1 amide bonds. The number of methoxy groups -OCH3 is 1. The molecule has 0 spiro atoms. The minimum Gasteiger partial charge on any atom is -0.493 e. The van der Waals surface area contributed by atoms with Crippen LogP contribution in [0.15, 0.2) is 65.0 Å². The van der Waals surface area contributed by atoms with E-state index in [1.54, 1.807) is 30.2 Å². The summed E-state index contributed by atoms with van der Waals surface area (Å²) in [4.78, 5) is 20.2. The van der Waals surface area contributed by atoms with Gasteiger partial charge in [0.05, 0.1) is 17.7 Å². The monoisotopic (exact) mass is 456 g/mol. The van der Waals surface area contributed by atoms with Crippen molar-refractivity contribution in [2.45, 2.75) is 13.8 Å². The highest BCUT2D eigenvalue weighted by atomic mass is 35.5. The van der Waals surface area contributed by atoms with Crippen molar-refractivity contribution < 1.29 is 14.3 Å². The fourth-order valence-corrected chi connectivity index (χ4v) is 4.07. The van der Waals surface area contributed by atoms with E-state index < -0.39 is 0 Å². The van der Waals surface area contributed by atoms with E-state index in [0.717, 1.165) is 11.3 Å². The van der Waals surface area contributed by atoms with Crippen molar-refractivity contribution in [3.8, 4) is 11.5 Å². The summed E-state index contributed by atoms with van der Waals surface area (Å²) in [5.74, 6) is 1.47. The molecule has 0 atom stereocenters. The summed E-state index contributed by atoms with van der Waals surface area (Å²) < 4.78 is 11.0. The molecule has 1 fully saturated rings. The second kappa shape index (κ2) is 10.6. The second-order valence-corrected chi connectivity index (χ2v) is 8.75. The minimum absolute atomic E-state index is 0.0580. The standard InChI is InChI=1S/C24H25ClN2O3S/c1-5-12-30-20-11-6-17(13-21(20)29-4)14-22-23(28)27(15-16(2)3)24(31-22)26-19-9-7-18(25)8-10-19/h5-11,13-14,16H,1,12,15H2,2-4H3/b22-14-,26-24?. The number of amidine groups is 1. The van der Waals surface area contributed by atoms with E-state index in [2.05, 4.69) is 25.4 Å². The van der Waals surface area contributed by atoms with E-state index in [-0.39, 0.29) is 5.91 Å². The molecule has 2 aromatic carbocycles. The number of benzene rings is 2. The molecular weight excluding hydrogens is 432 g/mol. The summed E-state index contributed by atoms with van der Waals surface area (Å²) in [6.07, 6.45) is 3.53. The topological polar surface area (TPSA) is 51.1 Å². The SMILES string of the molecule is C=CCOc1ccc(/C=C2\SC(=Nc3ccc(Cl)cc3)N(CC(C)C)C2=O)cc1OC. The maximum absolute atomic E-state index is 13.1. The molecule has 1 aliphatic heterocycles. The third-order valence-electron chi connectivity index (χ3n) is 4.33. The van der Waals surface area contributed by atoms with Gasteiger partial charge in [0, 0.05) is 11.6 Å². The number of amides is 1. The van der Waals surface area contributed by atoms with Crippen LogP contribution in [0.4, 0.5) is 5.69 Å². The first-order chi connectivity index (χ1) is 14.9. The predicted molar refractivity (Wildman–Crippen MR) is 129 cm³/mol. The lowest BCUT2D eigenvalue weighted by atomic mass is 10.1. The van der Waals surface area contributed by atoms with Gasteiger partial charge in [-0.05, 0) is 65.7 Å². The molecule has 2 aromatic rings. The van der Waals surface area contributed by atoms with E-state index in [0.29, 0.717) is 45.7 Å². The normalized spacial score (nSPS) is 16.4. The van der Waals surface area contributed by atoms with Crippen LogP contribution in [0.2, 0.25) is 5.02 Å². The van der Waals surface area contributed by atoms with Gasteiger partial charge < -0.3 is 9.47 Å². The molecule has 0 aromatic heterocycles. The zero-order valence-electron chi connectivity index (χ0n) is 17.8. The van der Waals surface area contributed by atoms with E-state index in [1.165, 1.54) is 11.8 Å². The fourth-order valence-electron chi connectivity index (χ4n) is 2.94. The molecule has 1 aliphatic rings. The number of hydrogen-bond donors (Lipinski definition) is 0. The third kappa shape index (κ3) is 5.93. The number of rotatable bonds is 8. The number of thioether (sulfide) groups is 1. The lowest BCUT2D eigenvalue weighted by molar-refractivity contribution is -0.122. The minimum atomic E-state index is -0.0580. The van der Waals surface area contributed by atoms with Crippen LogP contribution in [-0.2, 0) is 4.79 Å². The number of ether oxygens (including phenoxy) is 2. The van der Waals surface area contributed by atoms with Gasteiger partial charge in [0.15, 0.2) is 16.7 Å². The Bertz CT molecular complexity index is 1020. The molecule has 1 heterocycles. The zero-order valence-corrected chi connectivity index (χ0v) is 19.4. The van der Waals surface area contributed by atoms with E-state index in [4.69, 9.17) is 21.1 Å². The van der Waals surface area contributed by atoms with Gasteiger partial charge in [-0.15, -0.1) is 0 Å². The summed E-state index contributed by atoms with van der Waals surface area (Å²) >= 11 is 7.34. The highest BCUT2D eigenvalue weighted by Gasteiger charge is 2.33. The van der Waals surface area contributed by atoms with Crippen LogP contribution in [0.1, 0.15) is 19.4 Å². The molecule has 1 saturated heterocycles. The van der Waals surface area contributed by atoms with Crippen molar-refractivity contribution in [1.82, 2.24) is 4.90 Å². The summed E-state index contributed by atoms with van der Waals surface area (Å²) in [6.45, 7) is 8.79. The van der Waals surface area contributed by atoms with Crippen LogP contribution >= 0.6 is 23.4 Å². The first kappa shape index (κ1) is 23.0. The molecule has 0 unspecified atom stereocenters. The first-order valence-electron chi connectivity index (χ1n) is 9.88. The summed E-state index contributed by atoms with van der Waals surface area (Å²) in [5.41, 5.74) is 1.59. The molecule has 0 radical (unpaired) electrons. The maximum atomic E-state index is 13.1. The second-order valence-electron chi connectivity index (χ2n) is 7.30. The van der Waals surface area contributed by atoms with Crippen LogP contribution in [0.3, 0.4) is 0 Å². The average molecular weight is 457 g/mol. The summed E-state index contributed by atoms with van der Waals surface area (Å²) in [7, 11) is 1.59. The van der Waals surface area contributed by atoms with Crippen LogP contribution in [0.5, 0.6) is 11.5 Å². The largest absolute Gasteiger partial charge is 0.493 e. The van der Waals surface area contributed by atoms with Crippen molar-refractivity contribution in [3.05, 3.63) is 70.6 Å². The zero-order chi connectivity index (χ0) is 22.4.